The largest absolute Gasteiger partial charge is 0.488 e. The van der Waals surface area contributed by atoms with Gasteiger partial charge in [-0.05, 0) is 67.2 Å². The number of benzene rings is 1. The van der Waals surface area contributed by atoms with Crippen LogP contribution in [0.2, 0.25) is 0 Å². The molecule has 2 aliphatic heterocycles. The number of ether oxygens (including phenoxy) is 1. The summed E-state index contributed by atoms with van der Waals surface area (Å²) in [5.74, 6) is 1.93. The van der Waals surface area contributed by atoms with Crippen LogP contribution in [0.25, 0.3) is 0 Å². The Kier molecular flexibility index (Phi) is 4.01. The first-order valence-corrected chi connectivity index (χ1v) is 13.2. The van der Waals surface area contributed by atoms with Crippen molar-refractivity contribution in [3.05, 3.63) is 41.0 Å². The van der Waals surface area contributed by atoms with Crippen molar-refractivity contribution in [1.82, 2.24) is 4.90 Å². The van der Waals surface area contributed by atoms with E-state index in [9.17, 15) is 0 Å². The summed E-state index contributed by atoms with van der Waals surface area (Å²) in [7, 11) is 2.38. The summed E-state index contributed by atoms with van der Waals surface area (Å²) < 4.78 is 7.34. The molecule has 2 heteroatoms. The Morgan fingerprint density at radius 3 is 2.56 bits per heavy atom. The predicted molar refractivity (Wildman–Crippen MR) is 132 cm³/mol. The van der Waals surface area contributed by atoms with Gasteiger partial charge in [-0.15, -0.1) is 0 Å². The van der Waals surface area contributed by atoms with Crippen LogP contribution in [0.5, 0.6) is 5.75 Å². The van der Waals surface area contributed by atoms with Crippen LogP contribution < -0.4 is 4.74 Å². The summed E-state index contributed by atoms with van der Waals surface area (Å²) in [4.78, 5) is 2.70. The molecule has 2 spiro atoms. The van der Waals surface area contributed by atoms with Crippen LogP contribution in [0.4, 0.5) is 0 Å². The van der Waals surface area contributed by atoms with Crippen molar-refractivity contribution in [3.8, 4) is 5.75 Å². The fourth-order valence-corrected chi connectivity index (χ4v) is 9.57. The van der Waals surface area contributed by atoms with Gasteiger partial charge in [0.1, 0.15) is 11.9 Å². The van der Waals surface area contributed by atoms with E-state index in [-0.39, 0.29) is 27.8 Å². The van der Waals surface area contributed by atoms with Gasteiger partial charge in [0, 0.05) is 27.9 Å². The van der Waals surface area contributed by atoms with Gasteiger partial charge in [-0.2, -0.15) is 0 Å². The third-order valence-corrected chi connectivity index (χ3v) is 10.8. The number of piperidine rings is 1. The minimum atomic E-state index is 0.0870. The molecule has 4 bridgehead atoms. The highest BCUT2D eigenvalue weighted by atomic mass is 16.5. The second-order valence-corrected chi connectivity index (χ2v) is 13.9. The van der Waals surface area contributed by atoms with E-state index in [0.29, 0.717) is 17.4 Å². The summed E-state index contributed by atoms with van der Waals surface area (Å²) in [6, 6.07) is 5.45. The van der Waals surface area contributed by atoms with Crippen molar-refractivity contribution in [2.24, 2.45) is 22.2 Å². The Bertz CT molecular complexity index is 1010. The van der Waals surface area contributed by atoms with Gasteiger partial charge >= 0.3 is 0 Å². The lowest BCUT2D eigenvalue weighted by atomic mass is 9.33. The molecule has 0 amide bonds. The van der Waals surface area contributed by atoms with Gasteiger partial charge in [-0.1, -0.05) is 79.2 Å². The normalized spacial score (nSPS) is 41.6. The minimum absolute atomic E-state index is 0.0870. The Morgan fingerprint density at radius 1 is 1.12 bits per heavy atom. The molecule has 0 radical (unpaired) electrons. The van der Waals surface area contributed by atoms with Gasteiger partial charge in [-0.25, -0.2) is 0 Å². The van der Waals surface area contributed by atoms with Crippen LogP contribution >= 0.6 is 0 Å². The number of hydrogen-bond acceptors (Lipinski definition) is 2. The first-order chi connectivity index (χ1) is 14.9. The lowest BCUT2D eigenvalue weighted by molar-refractivity contribution is -0.186. The van der Waals surface area contributed by atoms with E-state index < -0.39 is 0 Å². The monoisotopic (exact) mass is 433 g/mol. The van der Waals surface area contributed by atoms with Crippen molar-refractivity contribution in [3.63, 3.8) is 0 Å². The van der Waals surface area contributed by atoms with Crippen LogP contribution in [0.15, 0.2) is 24.3 Å². The molecule has 2 heterocycles. The van der Waals surface area contributed by atoms with E-state index in [4.69, 9.17) is 4.74 Å². The van der Waals surface area contributed by atoms with Crippen LogP contribution in [-0.4, -0.2) is 30.6 Å². The van der Waals surface area contributed by atoms with E-state index in [1.807, 2.05) is 0 Å². The Hall–Kier alpha value is -1.28. The van der Waals surface area contributed by atoms with Crippen LogP contribution in [-0.2, 0) is 17.3 Å². The molecule has 1 aromatic rings. The lowest BCUT2D eigenvalue weighted by Crippen LogP contribution is -2.77. The van der Waals surface area contributed by atoms with Crippen LogP contribution in [0.1, 0.15) is 90.8 Å². The average molecular weight is 434 g/mol. The van der Waals surface area contributed by atoms with Gasteiger partial charge in [0.2, 0.25) is 0 Å². The molecular formula is C30H43NO. The van der Waals surface area contributed by atoms with Gasteiger partial charge in [0.15, 0.2) is 0 Å². The molecule has 6 atom stereocenters. The summed E-state index contributed by atoms with van der Waals surface area (Å²) >= 11 is 0. The van der Waals surface area contributed by atoms with Crippen LogP contribution in [0.3, 0.4) is 0 Å². The van der Waals surface area contributed by atoms with E-state index in [2.05, 4.69) is 84.7 Å². The molecule has 0 aromatic heterocycles. The first-order valence-electron chi connectivity index (χ1n) is 13.2. The number of hydrogen-bond donors (Lipinski definition) is 0. The molecule has 32 heavy (non-hydrogen) atoms. The maximum Gasteiger partial charge on any atom is 0.127 e. The third kappa shape index (κ3) is 2.18. The smallest absolute Gasteiger partial charge is 0.127 e. The van der Waals surface area contributed by atoms with E-state index in [0.717, 1.165) is 0 Å². The van der Waals surface area contributed by atoms with Gasteiger partial charge < -0.3 is 9.64 Å². The summed E-state index contributed by atoms with van der Waals surface area (Å²) in [6.45, 7) is 18.2. The molecule has 7 rings (SSSR count). The minimum Gasteiger partial charge on any atom is -0.488 e. The van der Waals surface area contributed by atoms with E-state index in [1.54, 1.807) is 11.1 Å². The fraction of sp³-hybridized carbons (Fsp3) is 0.733. The molecule has 4 aliphatic carbocycles. The summed E-state index contributed by atoms with van der Waals surface area (Å²) in [6.07, 6.45) is 11.9. The van der Waals surface area contributed by atoms with Crippen LogP contribution in [0, 0.1) is 22.2 Å². The highest BCUT2D eigenvalue weighted by Gasteiger charge is 2.78. The zero-order chi connectivity index (χ0) is 22.9. The van der Waals surface area contributed by atoms with Crippen molar-refractivity contribution in [2.75, 3.05) is 13.6 Å². The Balaban J connectivity index is 1.65. The molecule has 1 saturated heterocycles. The molecular weight excluding hydrogens is 390 g/mol. The molecule has 2 fully saturated rings. The summed E-state index contributed by atoms with van der Waals surface area (Å²) in [5, 5.41) is 0. The van der Waals surface area contributed by atoms with Crippen molar-refractivity contribution in [1.29, 1.82) is 0 Å². The zero-order valence-electron chi connectivity index (χ0n) is 21.6. The lowest BCUT2D eigenvalue weighted by Gasteiger charge is -2.72. The number of likely N-dealkylation sites (N-methyl/N-ethyl adjacent to an activating group) is 1. The Labute approximate surface area is 195 Å². The van der Waals surface area contributed by atoms with Gasteiger partial charge in [0.05, 0.1) is 0 Å². The predicted octanol–water partition coefficient (Wildman–Crippen LogP) is 6.65. The maximum absolute atomic E-state index is 7.34. The SMILES string of the molecule is CCCC(C)(C)C1CC23C=CC1(C)C1Oc4c(C(C)(C)C)ccc5c4C12CCN(C)C3C5. The molecule has 1 aromatic carbocycles. The molecule has 1 saturated carbocycles. The van der Waals surface area contributed by atoms with Gasteiger partial charge in [0.25, 0.3) is 0 Å². The van der Waals surface area contributed by atoms with Crippen molar-refractivity contribution >= 4 is 0 Å². The fourth-order valence-electron chi connectivity index (χ4n) is 9.57. The number of fused-ring (bicyclic) bond motifs is 1. The second kappa shape index (κ2) is 6.04. The number of likely N-dealkylation sites (tertiary alicyclic amines) is 1. The molecule has 6 unspecified atom stereocenters. The zero-order valence-corrected chi connectivity index (χ0v) is 21.6. The highest BCUT2D eigenvalue weighted by Crippen LogP contribution is 2.77. The Morgan fingerprint density at radius 2 is 1.88 bits per heavy atom. The molecule has 2 nitrogen and oxygen atoms in total. The average Bonchev–Trinajstić information content (AvgIpc) is 3.07. The first kappa shape index (κ1) is 21.3. The second-order valence-electron chi connectivity index (χ2n) is 13.9. The van der Waals surface area contributed by atoms with E-state index >= 15 is 0 Å². The topological polar surface area (TPSA) is 12.5 Å². The highest BCUT2D eigenvalue weighted by molar-refractivity contribution is 5.64. The number of nitrogens with zero attached hydrogens (tertiary/aromatic N) is 1. The third-order valence-electron chi connectivity index (χ3n) is 10.8. The molecule has 6 aliphatic rings. The quantitative estimate of drug-likeness (QED) is 0.495. The van der Waals surface area contributed by atoms with Crippen molar-refractivity contribution in [2.45, 2.75) is 104 Å². The van der Waals surface area contributed by atoms with Gasteiger partial charge in [-0.3, -0.25) is 0 Å². The standard InChI is InChI=1S/C30H43NO/c1-9-12-27(5,6)21-18-29-14-13-28(21,7)25-30(29)15-16-31(8)22(29)17-19-10-11-20(26(2,3)4)24(32-25)23(19)30/h10-11,13-14,21-22,25H,9,12,15-18H2,1-8H3. The summed E-state index contributed by atoms with van der Waals surface area (Å²) in [5.41, 5.74) is 5.47. The van der Waals surface area contributed by atoms with Crippen molar-refractivity contribution < 1.29 is 4.74 Å². The maximum atomic E-state index is 7.34. The van der Waals surface area contributed by atoms with E-state index in [1.165, 1.54) is 50.0 Å². The molecule has 0 N–H and O–H groups in total. The number of rotatable bonds is 3. The molecule has 174 valence electrons.